The van der Waals surface area contributed by atoms with E-state index in [-0.39, 0.29) is 5.56 Å². The van der Waals surface area contributed by atoms with Gasteiger partial charge in [-0.2, -0.15) is 0 Å². The molecule has 94 valence electrons. The smallest absolute Gasteiger partial charge is 0.337 e. The zero-order chi connectivity index (χ0) is 13.0. The number of aryl methyl sites for hydroxylation is 1. The monoisotopic (exact) mass is 237 g/mol. The van der Waals surface area contributed by atoms with Crippen molar-refractivity contribution in [3.8, 4) is 5.75 Å². The highest BCUT2D eigenvalue weighted by Gasteiger charge is 2.12. The summed E-state index contributed by atoms with van der Waals surface area (Å²) in [5, 5.41) is 8.99. The predicted molar refractivity (Wildman–Crippen MR) is 67.5 cm³/mol. The molecule has 0 bridgehead atoms. The van der Waals surface area contributed by atoms with Crippen molar-refractivity contribution in [2.75, 3.05) is 12.3 Å². The molecule has 1 aromatic carbocycles. The summed E-state index contributed by atoms with van der Waals surface area (Å²) < 4.78 is 5.52. The molecule has 0 aliphatic rings. The van der Waals surface area contributed by atoms with Crippen LogP contribution >= 0.6 is 0 Å². The van der Waals surface area contributed by atoms with Gasteiger partial charge < -0.3 is 15.6 Å². The molecule has 0 saturated heterocycles. The fourth-order valence-electron chi connectivity index (χ4n) is 1.44. The number of ether oxygens (including phenoxy) is 1. The summed E-state index contributed by atoms with van der Waals surface area (Å²) in [5.74, 6) is 0.0958. The van der Waals surface area contributed by atoms with E-state index < -0.39 is 5.97 Å². The molecular weight excluding hydrogens is 218 g/mol. The van der Waals surface area contributed by atoms with Gasteiger partial charge in [0.2, 0.25) is 0 Å². The molecule has 0 spiro atoms. The van der Waals surface area contributed by atoms with Crippen LogP contribution in [-0.4, -0.2) is 17.7 Å². The lowest BCUT2D eigenvalue weighted by Crippen LogP contribution is -2.07. The summed E-state index contributed by atoms with van der Waals surface area (Å²) >= 11 is 0. The molecule has 0 amide bonds. The van der Waals surface area contributed by atoms with Gasteiger partial charge >= 0.3 is 5.97 Å². The van der Waals surface area contributed by atoms with Crippen molar-refractivity contribution < 1.29 is 14.6 Å². The Morgan fingerprint density at radius 3 is 2.65 bits per heavy atom. The van der Waals surface area contributed by atoms with Gasteiger partial charge in [0.05, 0.1) is 12.2 Å². The van der Waals surface area contributed by atoms with E-state index in [0.29, 0.717) is 24.0 Å². The normalized spacial score (nSPS) is 10.6. The number of carboxylic acid groups (broad SMARTS) is 1. The van der Waals surface area contributed by atoms with Crippen LogP contribution < -0.4 is 10.5 Å². The first-order valence-electron chi connectivity index (χ1n) is 5.68. The van der Waals surface area contributed by atoms with Gasteiger partial charge in [0.15, 0.2) is 0 Å². The summed E-state index contributed by atoms with van der Waals surface area (Å²) in [7, 11) is 0. The Morgan fingerprint density at radius 2 is 2.12 bits per heavy atom. The molecule has 0 atom stereocenters. The van der Waals surface area contributed by atoms with E-state index in [1.165, 1.54) is 6.07 Å². The standard InChI is InChI=1S/C13H19NO3/c1-8(2)4-5-17-10-6-9(3)12(14)11(7-10)13(15)16/h6-8H,4-5,14H2,1-3H3,(H,15,16). The summed E-state index contributed by atoms with van der Waals surface area (Å²) in [6, 6.07) is 3.24. The van der Waals surface area contributed by atoms with Crippen LogP contribution in [0.25, 0.3) is 0 Å². The number of aromatic carboxylic acids is 1. The third-order valence-corrected chi connectivity index (χ3v) is 2.55. The molecule has 4 nitrogen and oxygen atoms in total. The van der Waals surface area contributed by atoms with Gasteiger partial charge in [-0.25, -0.2) is 4.79 Å². The second kappa shape index (κ2) is 5.57. The van der Waals surface area contributed by atoms with Gasteiger partial charge in [0, 0.05) is 5.69 Å². The number of carboxylic acids is 1. The average molecular weight is 237 g/mol. The lowest BCUT2D eigenvalue weighted by molar-refractivity contribution is 0.0697. The highest BCUT2D eigenvalue weighted by molar-refractivity contribution is 5.95. The maximum atomic E-state index is 11.0. The van der Waals surface area contributed by atoms with Gasteiger partial charge in [-0.3, -0.25) is 0 Å². The van der Waals surface area contributed by atoms with Gasteiger partial charge in [0.25, 0.3) is 0 Å². The van der Waals surface area contributed by atoms with E-state index >= 15 is 0 Å². The highest BCUT2D eigenvalue weighted by Crippen LogP contribution is 2.24. The number of hydrogen-bond donors (Lipinski definition) is 2. The third-order valence-electron chi connectivity index (χ3n) is 2.55. The Morgan fingerprint density at radius 1 is 1.47 bits per heavy atom. The number of carbonyl (C=O) groups is 1. The largest absolute Gasteiger partial charge is 0.494 e. The van der Waals surface area contributed by atoms with Crippen molar-refractivity contribution in [1.29, 1.82) is 0 Å². The number of nitrogen functional groups attached to an aromatic ring is 1. The number of rotatable bonds is 5. The quantitative estimate of drug-likeness (QED) is 0.772. The SMILES string of the molecule is Cc1cc(OCCC(C)C)cc(C(=O)O)c1N. The van der Waals surface area contributed by atoms with Crippen LogP contribution in [0.4, 0.5) is 5.69 Å². The molecule has 0 aliphatic heterocycles. The van der Waals surface area contributed by atoms with Crippen LogP contribution in [0.15, 0.2) is 12.1 Å². The summed E-state index contributed by atoms with van der Waals surface area (Å²) in [6.45, 7) is 6.58. The fraction of sp³-hybridized carbons (Fsp3) is 0.462. The lowest BCUT2D eigenvalue weighted by Gasteiger charge is -2.11. The van der Waals surface area contributed by atoms with E-state index in [9.17, 15) is 4.79 Å². The van der Waals surface area contributed by atoms with Gasteiger partial charge in [-0.05, 0) is 37.0 Å². The molecular formula is C13H19NO3. The summed E-state index contributed by atoms with van der Waals surface area (Å²) in [6.07, 6.45) is 0.936. The molecule has 0 fully saturated rings. The molecule has 0 heterocycles. The van der Waals surface area contributed by atoms with Gasteiger partial charge in [-0.1, -0.05) is 13.8 Å². The number of anilines is 1. The topological polar surface area (TPSA) is 72.5 Å². The Balaban J connectivity index is 2.84. The molecule has 0 saturated carbocycles. The minimum Gasteiger partial charge on any atom is -0.494 e. The van der Waals surface area contributed by atoms with Crippen LogP contribution in [-0.2, 0) is 0 Å². The first kappa shape index (κ1) is 13.4. The average Bonchev–Trinajstić information content (AvgIpc) is 2.22. The third kappa shape index (κ3) is 3.66. The van der Waals surface area contributed by atoms with Crippen LogP contribution in [0.5, 0.6) is 5.75 Å². The molecule has 0 unspecified atom stereocenters. The minimum absolute atomic E-state index is 0.101. The van der Waals surface area contributed by atoms with Crippen molar-refractivity contribution in [1.82, 2.24) is 0 Å². The number of nitrogens with two attached hydrogens (primary N) is 1. The van der Waals surface area contributed by atoms with E-state index in [4.69, 9.17) is 15.6 Å². The number of hydrogen-bond acceptors (Lipinski definition) is 3. The number of benzene rings is 1. The van der Waals surface area contributed by atoms with Crippen LogP contribution in [0.3, 0.4) is 0 Å². The first-order chi connectivity index (χ1) is 7.91. The Kier molecular flexibility index (Phi) is 4.37. The predicted octanol–water partition coefficient (Wildman–Crippen LogP) is 2.70. The molecule has 1 aromatic rings. The lowest BCUT2D eigenvalue weighted by atomic mass is 10.1. The van der Waals surface area contributed by atoms with Crippen molar-refractivity contribution in [2.45, 2.75) is 27.2 Å². The Bertz CT molecular complexity index is 413. The Labute approximate surface area is 101 Å². The fourth-order valence-corrected chi connectivity index (χ4v) is 1.44. The molecule has 3 N–H and O–H groups in total. The van der Waals surface area contributed by atoms with E-state index in [2.05, 4.69) is 13.8 Å². The van der Waals surface area contributed by atoms with E-state index in [0.717, 1.165) is 12.0 Å². The van der Waals surface area contributed by atoms with Gasteiger partial charge in [0.1, 0.15) is 5.75 Å². The maximum Gasteiger partial charge on any atom is 0.337 e. The molecule has 0 aliphatic carbocycles. The second-order valence-corrected chi connectivity index (χ2v) is 4.54. The van der Waals surface area contributed by atoms with Crippen molar-refractivity contribution >= 4 is 11.7 Å². The molecule has 17 heavy (non-hydrogen) atoms. The van der Waals surface area contributed by atoms with E-state index in [1.807, 2.05) is 0 Å². The highest BCUT2D eigenvalue weighted by atomic mass is 16.5. The van der Waals surface area contributed by atoms with Crippen LogP contribution in [0, 0.1) is 12.8 Å². The van der Waals surface area contributed by atoms with E-state index in [1.54, 1.807) is 13.0 Å². The summed E-state index contributed by atoms with van der Waals surface area (Å²) in [5.41, 5.74) is 6.82. The first-order valence-corrected chi connectivity index (χ1v) is 5.68. The second-order valence-electron chi connectivity index (χ2n) is 4.54. The van der Waals surface area contributed by atoms with Crippen molar-refractivity contribution in [2.24, 2.45) is 5.92 Å². The molecule has 0 aromatic heterocycles. The molecule has 4 heteroatoms. The summed E-state index contributed by atoms with van der Waals surface area (Å²) in [4.78, 5) is 11.0. The van der Waals surface area contributed by atoms with Crippen LogP contribution in [0.1, 0.15) is 36.2 Å². The van der Waals surface area contributed by atoms with Crippen LogP contribution in [0.2, 0.25) is 0 Å². The maximum absolute atomic E-state index is 11.0. The Hall–Kier alpha value is -1.71. The van der Waals surface area contributed by atoms with Gasteiger partial charge in [-0.15, -0.1) is 0 Å². The molecule has 0 radical (unpaired) electrons. The molecule has 1 rings (SSSR count). The minimum atomic E-state index is -1.03. The zero-order valence-corrected chi connectivity index (χ0v) is 10.5. The zero-order valence-electron chi connectivity index (χ0n) is 10.5. The van der Waals surface area contributed by atoms with Crippen molar-refractivity contribution in [3.05, 3.63) is 23.3 Å². The van der Waals surface area contributed by atoms with Crippen molar-refractivity contribution in [3.63, 3.8) is 0 Å².